The van der Waals surface area contributed by atoms with E-state index in [1.807, 2.05) is 7.05 Å². The van der Waals surface area contributed by atoms with E-state index >= 15 is 0 Å². The second-order valence-electron chi connectivity index (χ2n) is 3.68. The molecular weight excluding hydrogens is 178 g/mol. The Morgan fingerprint density at radius 2 is 2.21 bits per heavy atom. The van der Waals surface area contributed by atoms with Gasteiger partial charge in [0.2, 0.25) is 0 Å². The third kappa shape index (κ3) is 2.85. The summed E-state index contributed by atoms with van der Waals surface area (Å²) in [5, 5.41) is 0. The van der Waals surface area contributed by atoms with Crippen LogP contribution in [0.4, 0.5) is 11.6 Å². The zero-order chi connectivity index (χ0) is 10.6. The van der Waals surface area contributed by atoms with E-state index in [2.05, 4.69) is 34.1 Å². The van der Waals surface area contributed by atoms with Crippen molar-refractivity contribution in [3.8, 4) is 0 Å². The number of anilines is 2. The first-order chi connectivity index (χ1) is 6.63. The first-order valence-corrected chi connectivity index (χ1v) is 4.63. The Bertz CT molecular complexity index is 286. The van der Waals surface area contributed by atoms with Crippen molar-refractivity contribution in [3.63, 3.8) is 0 Å². The number of nitrogens with two attached hydrogens (primary N) is 1. The highest BCUT2D eigenvalue weighted by atomic mass is 15.3. The quantitative estimate of drug-likeness (QED) is 0.551. The lowest BCUT2D eigenvalue weighted by atomic mass is 10.2. The van der Waals surface area contributed by atoms with Gasteiger partial charge < -0.3 is 10.3 Å². The fraction of sp³-hybridized carbons (Fsp3) is 0.556. The first kappa shape index (κ1) is 10.7. The van der Waals surface area contributed by atoms with Crippen molar-refractivity contribution >= 4 is 11.6 Å². The van der Waals surface area contributed by atoms with Crippen LogP contribution in [0.2, 0.25) is 0 Å². The Kier molecular flexibility index (Phi) is 3.64. The second-order valence-corrected chi connectivity index (χ2v) is 3.68. The number of rotatable bonds is 4. The van der Waals surface area contributed by atoms with Gasteiger partial charge in [-0.25, -0.2) is 10.8 Å². The summed E-state index contributed by atoms with van der Waals surface area (Å²) in [6.45, 7) is 5.27. The van der Waals surface area contributed by atoms with Crippen molar-refractivity contribution < 1.29 is 0 Å². The van der Waals surface area contributed by atoms with E-state index in [0.717, 1.165) is 12.4 Å². The molecule has 5 heteroatoms. The van der Waals surface area contributed by atoms with E-state index in [0.29, 0.717) is 11.7 Å². The van der Waals surface area contributed by atoms with E-state index in [1.165, 1.54) is 0 Å². The molecule has 1 aromatic heterocycles. The van der Waals surface area contributed by atoms with Crippen LogP contribution in [0.15, 0.2) is 12.4 Å². The van der Waals surface area contributed by atoms with Crippen LogP contribution >= 0.6 is 0 Å². The van der Waals surface area contributed by atoms with Gasteiger partial charge in [-0.1, -0.05) is 13.8 Å². The minimum absolute atomic E-state index is 0.582. The monoisotopic (exact) mass is 195 g/mol. The van der Waals surface area contributed by atoms with E-state index in [1.54, 1.807) is 12.4 Å². The van der Waals surface area contributed by atoms with Gasteiger partial charge in [0.25, 0.3) is 0 Å². The fourth-order valence-corrected chi connectivity index (χ4v) is 1.25. The predicted octanol–water partition coefficient (Wildman–Crippen LogP) is 0.854. The van der Waals surface area contributed by atoms with Gasteiger partial charge in [-0.3, -0.25) is 4.98 Å². The number of nitrogens with zero attached hydrogens (tertiary/aromatic N) is 3. The molecule has 0 saturated carbocycles. The van der Waals surface area contributed by atoms with Gasteiger partial charge in [-0.15, -0.1) is 0 Å². The molecule has 5 nitrogen and oxygen atoms in total. The summed E-state index contributed by atoms with van der Waals surface area (Å²) in [5.74, 6) is 7.25. The van der Waals surface area contributed by atoms with Crippen molar-refractivity contribution in [2.75, 3.05) is 23.9 Å². The summed E-state index contributed by atoms with van der Waals surface area (Å²) < 4.78 is 0. The fourth-order valence-electron chi connectivity index (χ4n) is 1.25. The Balaban J connectivity index is 2.73. The molecule has 14 heavy (non-hydrogen) atoms. The number of nitrogen functional groups attached to an aromatic ring is 1. The summed E-state index contributed by atoms with van der Waals surface area (Å²) in [6.07, 6.45) is 3.32. The van der Waals surface area contributed by atoms with Gasteiger partial charge in [0.15, 0.2) is 5.82 Å². The van der Waals surface area contributed by atoms with E-state index in [4.69, 9.17) is 5.84 Å². The maximum absolute atomic E-state index is 5.25. The van der Waals surface area contributed by atoms with Crippen LogP contribution in [0.5, 0.6) is 0 Å². The molecule has 0 radical (unpaired) electrons. The predicted molar refractivity (Wildman–Crippen MR) is 58.0 cm³/mol. The second kappa shape index (κ2) is 4.76. The maximum atomic E-state index is 5.25. The average Bonchev–Trinajstić information content (AvgIpc) is 2.17. The summed E-state index contributed by atoms with van der Waals surface area (Å²) in [6, 6.07) is 0. The highest BCUT2D eigenvalue weighted by molar-refractivity contribution is 5.42. The molecule has 1 aromatic rings. The summed E-state index contributed by atoms with van der Waals surface area (Å²) in [5.41, 5.74) is 2.48. The molecule has 0 unspecified atom stereocenters. The topological polar surface area (TPSA) is 67.1 Å². The molecule has 3 N–H and O–H groups in total. The van der Waals surface area contributed by atoms with Crippen molar-refractivity contribution in [3.05, 3.63) is 12.4 Å². The molecule has 1 rings (SSSR count). The molecule has 0 bridgehead atoms. The van der Waals surface area contributed by atoms with Crippen LogP contribution in [-0.4, -0.2) is 23.6 Å². The molecule has 0 aliphatic heterocycles. The molecule has 78 valence electrons. The third-order valence-corrected chi connectivity index (χ3v) is 1.80. The van der Waals surface area contributed by atoms with E-state index in [9.17, 15) is 0 Å². The van der Waals surface area contributed by atoms with E-state index in [-0.39, 0.29) is 0 Å². The zero-order valence-electron chi connectivity index (χ0n) is 8.86. The highest BCUT2D eigenvalue weighted by Gasteiger charge is 2.05. The van der Waals surface area contributed by atoms with Crippen LogP contribution < -0.4 is 16.2 Å². The van der Waals surface area contributed by atoms with Crippen molar-refractivity contribution in [2.45, 2.75) is 13.8 Å². The average molecular weight is 195 g/mol. The Labute approximate surface area is 84.3 Å². The number of aromatic nitrogens is 2. The molecule has 0 amide bonds. The Morgan fingerprint density at radius 3 is 2.79 bits per heavy atom. The summed E-state index contributed by atoms with van der Waals surface area (Å²) in [7, 11) is 1.99. The van der Waals surface area contributed by atoms with Crippen LogP contribution in [0, 0.1) is 5.92 Å². The summed E-state index contributed by atoms with van der Waals surface area (Å²) in [4.78, 5) is 10.4. The number of hydrogen-bond acceptors (Lipinski definition) is 5. The number of hydrogen-bond donors (Lipinski definition) is 2. The lowest BCUT2D eigenvalue weighted by Gasteiger charge is -2.20. The van der Waals surface area contributed by atoms with Gasteiger partial charge in [-0.2, -0.15) is 0 Å². The maximum Gasteiger partial charge on any atom is 0.160 e. The summed E-state index contributed by atoms with van der Waals surface area (Å²) >= 11 is 0. The van der Waals surface area contributed by atoms with Crippen LogP contribution in [0.1, 0.15) is 13.8 Å². The Hall–Kier alpha value is -1.36. The first-order valence-electron chi connectivity index (χ1n) is 4.63. The molecule has 0 spiro atoms. The molecule has 0 atom stereocenters. The lowest BCUT2D eigenvalue weighted by Crippen LogP contribution is -2.24. The van der Waals surface area contributed by atoms with Crippen molar-refractivity contribution in [1.29, 1.82) is 0 Å². The molecule has 0 aromatic carbocycles. The molecule has 1 heterocycles. The molecular formula is C9H17N5. The van der Waals surface area contributed by atoms with Gasteiger partial charge >= 0.3 is 0 Å². The normalized spacial score (nSPS) is 10.4. The van der Waals surface area contributed by atoms with Crippen molar-refractivity contribution in [1.82, 2.24) is 9.97 Å². The van der Waals surface area contributed by atoms with Crippen LogP contribution in [0.3, 0.4) is 0 Å². The molecule has 0 aliphatic rings. The smallest absolute Gasteiger partial charge is 0.160 e. The van der Waals surface area contributed by atoms with Gasteiger partial charge in [0, 0.05) is 13.6 Å². The number of hydrazine groups is 1. The van der Waals surface area contributed by atoms with Gasteiger partial charge in [0.1, 0.15) is 5.82 Å². The minimum Gasteiger partial charge on any atom is -0.358 e. The SMILES string of the molecule is CC(C)CN(C)c1cncc(NN)n1. The molecule has 0 fully saturated rings. The zero-order valence-corrected chi connectivity index (χ0v) is 8.86. The Morgan fingerprint density at radius 1 is 1.50 bits per heavy atom. The minimum atomic E-state index is 0.582. The van der Waals surface area contributed by atoms with Crippen molar-refractivity contribution in [2.24, 2.45) is 11.8 Å². The van der Waals surface area contributed by atoms with E-state index < -0.39 is 0 Å². The number of nitrogens with one attached hydrogen (secondary N) is 1. The van der Waals surface area contributed by atoms with Crippen LogP contribution in [-0.2, 0) is 0 Å². The largest absolute Gasteiger partial charge is 0.358 e. The third-order valence-electron chi connectivity index (χ3n) is 1.80. The van der Waals surface area contributed by atoms with Gasteiger partial charge in [0.05, 0.1) is 12.4 Å². The van der Waals surface area contributed by atoms with Gasteiger partial charge in [-0.05, 0) is 5.92 Å². The lowest BCUT2D eigenvalue weighted by molar-refractivity contribution is 0.634. The van der Waals surface area contributed by atoms with Crippen LogP contribution in [0.25, 0.3) is 0 Å². The highest BCUT2D eigenvalue weighted by Crippen LogP contribution is 2.11. The molecule has 0 aliphatic carbocycles. The standard InChI is InChI=1S/C9H17N5/c1-7(2)6-14(3)9-5-11-4-8(12-9)13-10/h4-5,7H,6,10H2,1-3H3,(H,12,13). The molecule has 0 saturated heterocycles.